The van der Waals surface area contributed by atoms with Crippen molar-refractivity contribution in [2.45, 2.75) is 30.6 Å². The average Bonchev–Trinajstić information content (AvgIpc) is 2.99. The second kappa shape index (κ2) is 4.52. The molecule has 0 saturated heterocycles. The van der Waals surface area contributed by atoms with Crippen LogP contribution in [0, 0.1) is 0 Å². The lowest BCUT2D eigenvalue weighted by molar-refractivity contribution is 0.637. The SMILES string of the molecule is Nc1cnn(CCSc2n[nH]c(=O)n2C2CC2)c1. The zero-order valence-corrected chi connectivity index (χ0v) is 10.6. The van der Waals surface area contributed by atoms with Crippen molar-refractivity contribution in [2.24, 2.45) is 0 Å². The van der Waals surface area contributed by atoms with Crippen LogP contribution in [0.5, 0.6) is 0 Å². The first-order valence-corrected chi connectivity index (χ1v) is 6.80. The molecule has 18 heavy (non-hydrogen) atoms. The summed E-state index contributed by atoms with van der Waals surface area (Å²) in [6, 6.07) is 0.346. The summed E-state index contributed by atoms with van der Waals surface area (Å²) >= 11 is 1.56. The third-order valence-corrected chi connectivity index (χ3v) is 3.72. The van der Waals surface area contributed by atoms with Crippen LogP contribution in [0.4, 0.5) is 5.69 Å². The highest BCUT2D eigenvalue weighted by atomic mass is 32.2. The Morgan fingerprint density at radius 3 is 3.06 bits per heavy atom. The number of nitrogens with two attached hydrogens (primary N) is 1. The van der Waals surface area contributed by atoms with Gasteiger partial charge >= 0.3 is 5.69 Å². The average molecular weight is 266 g/mol. The molecular weight excluding hydrogens is 252 g/mol. The van der Waals surface area contributed by atoms with Crippen LogP contribution in [0.15, 0.2) is 22.3 Å². The molecule has 0 radical (unpaired) electrons. The lowest BCUT2D eigenvalue weighted by Crippen LogP contribution is -2.16. The van der Waals surface area contributed by atoms with E-state index < -0.39 is 0 Å². The smallest absolute Gasteiger partial charge is 0.344 e. The highest BCUT2D eigenvalue weighted by Crippen LogP contribution is 2.35. The number of nitrogen functional groups attached to an aromatic ring is 1. The molecule has 1 aliphatic rings. The molecule has 1 fully saturated rings. The fourth-order valence-corrected chi connectivity index (χ4v) is 2.72. The molecule has 1 saturated carbocycles. The Morgan fingerprint density at radius 2 is 2.39 bits per heavy atom. The van der Waals surface area contributed by atoms with Gasteiger partial charge in [-0.15, -0.1) is 5.10 Å². The Morgan fingerprint density at radius 1 is 1.56 bits per heavy atom. The van der Waals surface area contributed by atoms with Gasteiger partial charge in [0.1, 0.15) is 0 Å². The van der Waals surface area contributed by atoms with Crippen LogP contribution in [-0.4, -0.2) is 30.3 Å². The number of thioether (sulfide) groups is 1. The van der Waals surface area contributed by atoms with Crippen LogP contribution >= 0.6 is 11.8 Å². The van der Waals surface area contributed by atoms with Crippen LogP contribution in [0.3, 0.4) is 0 Å². The highest BCUT2D eigenvalue weighted by Gasteiger charge is 2.28. The van der Waals surface area contributed by atoms with Gasteiger partial charge in [0, 0.05) is 18.0 Å². The van der Waals surface area contributed by atoms with Gasteiger partial charge in [-0.05, 0) is 12.8 Å². The molecule has 0 spiro atoms. The normalized spacial score (nSPS) is 15.1. The number of rotatable bonds is 5. The van der Waals surface area contributed by atoms with Crippen molar-refractivity contribution in [3.63, 3.8) is 0 Å². The molecule has 96 valence electrons. The van der Waals surface area contributed by atoms with Crippen molar-refractivity contribution in [3.8, 4) is 0 Å². The lowest BCUT2D eigenvalue weighted by Gasteiger charge is -2.03. The molecule has 0 atom stereocenters. The highest BCUT2D eigenvalue weighted by molar-refractivity contribution is 7.99. The summed E-state index contributed by atoms with van der Waals surface area (Å²) in [6.07, 6.45) is 5.56. The van der Waals surface area contributed by atoms with E-state index in [2.05, 4.69) is 15.3 Å². The van der Waals surface area contributed by atoms with Gasteiger partial charge in [0.25, 0.3) is 0 Å². The Kier molecular flexibility index (Phi) is 2.86. The molecule has 0 aliphatic heterocycles. The van der Waals surface area contributed by atoms with Crippen LogP contribution < -0.4 is 11.4 Å². The van der Waals surface area contributed by atoms with Crippen molar-refractivity contribution in [1.29, 1.82) is 0 Å². The zero-order valence-electron chi connectivity index (χ0n) is 9.74. The van der Waals surface area contributed by atoms with E-state index in [1.807, 2.05) is 0 Å². The summed E-state index contributed by atoms with van der Waals surface area (Å²) in [6.45, 7) is 0.744. The van der Waals surface area contributed by atoms with Gasteiger partial charge in [0.2, 0.25) is 0 Å². The minimum atomic E-state index is -0.108. The number of nitrogens with one attached hydrogen (secondary N) is 1. The second-order valence-corrected chi connectivity index (χ2v) is 5.36. The number of aromatic nitrogens is 5. The van der Waals surface area contributed by atoms with E-state index in [0.29, 0.717) is 11.7 Å². The predicted molar refractivity (Wildman–Crippen MR) is 68.5 cm³/mol. The van der Waals surface area contributed by atoms with Crippen molar-refractivity contribution < 1.29 is 0 Å². The van der Waals surface area contributed by atoms with E-state index >= 15 is 0 Å². The third-order valence-electron chi connectivity index (χ3n) is 2.79. The summed E-state index contributed by atoms with van der Waals surface area (Å²) in [4.78, 5) is 11.6. The van der Waals surface area contributed by atoms with Crippen LogP contribution in [0.2, 0.25) is 0 Å². The number of aromatic amines is 1. The summed E-state index contributed by atoms with van der Waals surface area (Å²) < 4.78 is 3.54. The number of hydrogen-bond acceptors (Lipinski definition) is 5. The Labute approximate surface area is 107 Å². The van der Waals surface area contributed by atoms with Crippen LogP contribution in [-0.2, 0) is 6.54 Å². The summed E-state index contributed by atoms with van der Waals surface area (Å²) in [5.74, 6) is 0.804. The molecule has 0 unspecified atom stereocenters. The largest absolute Gasteiger partial charge is 0.396 e. The number of hydrogen-bond donors (Lipinski definition) is 2. The van der Waals surface area contributed by atoms with E-state index in [4.69, 9.17) is 5.73 Å². The first-order chi connectivity index (χ1) is 8.74. The fourth-order valence-electron chi connectivity index (χ4n) is 1.78. The second-order valence-electron chi connectivity index (χ2n) is 4.30. The number of nitrogens with zero attached hydrogens (tertiary/aromatic N) is 4. The van der Waals surface area contributed by atoms with Gasteiger partial charge in [-0.2, -0.15) is 5.10 Å². The molecule has 0 aromatic carbocycles. The van der Waals surface area contributed by atoms with E-state index in [9.17, 15) is 4.79 Å². The molecule has 2 aromatic rings. The molecule has 8 heteroatoms. The Balaban J connectivity index is 1.61. The van der Waals surface area contributed by atoms with Crippen LogP contribution in [0.25, 0.3) is 0 Å². The maximum Gasteiger partial charge on any atom is 0.344 e. The minimum Gasteiger partial charge on any atom is -0.396 e. The molecule has 3 rings (SSSR count). The van der Waals surface area contributed by atoms with Gasteiger partial charge in [0.15, 0.2) is 5.16 Å². The fraction of sp³-hybridized carbons (Fsp3) is 0.500. The van der Waals surface area contributed by atoms with E-state index in [1.54, 1.807) is 33.4 Å². The minimum absolute atomic E-state index is 0.108. The summed E-state index contributed by atoms with van der Waals surface area (Å²) in [5, 5.41) is 11.4. The first kappa shape index (κ1) is 11.4. The topological polar surface area (TPSA) is 94.5 Å². The summed E-state index contributed by atoms with van der Waals surface area (Å²) in [5.41, 5.74) is 6.14. The van der Waals surface area contributed by atoms with Gasteiger partial charge in [-0.25, -0.2) is 9.89 Å². The van der Waals surface area contributed by atoms with Gasteiger partial charge < -0.3 is 5.73 Å². The maximum atomic E-state index is 11.6. The zero-order chi connectivity index (χ0) is 12.5. The van der Waals surface area contributed by atoms with Crippen molar-refractivity contribution >= 4 is 17.4 Å². The van der Waals surface area contributed by atoms with E-state index in [-0.39, 0.29) is 5.69 Å². The molecule has 0 amide bonds. The Bertz CT molecular complexity index is 596. The quantitative estimate of drug-likeness (QED) is 0.767. The maximum absolute atomic E-state index is 11.6. The number of H-pyrrole nitrogens is 1. The van der Waals surface area contributed by atoms with Gasteiger partial charge in [-0.3, -0.25) is 9.25 Å². The third kappa shape index (κ3) is 2.28. The van der Waals surface area contributed by atoms with Crippen molar-refractivity contribution in [3.05, 3.63) is 22.9 Å². The van der Waals surface area contributed by atoms with Crippen LogP contribution in [0.1, 0.15) is 18.9 Å². The van der Waals surface area contributed by atoms with Gasteiger partial charge in [-0.1, -0.05) is 11.8 Å². The first-order valence-electron chi connectivity index (χ1n) is 5.81. The van der Waals surface area contributed by atoms with E-state index in [0.717, 1.165) is 30.3 Å². The molecule has 0 bridgehead atoms. The Hall–Kier alpha value is -1.70. The van der Waals surface area contributed by atoms with Crippen molar-refractivity contribution in [1.82, 2.24) is 24.5 Å². The molecular formula is C10H14N6OS. The lowest BCUT2D eigenvalue weighted by atomic mass is 10.6. The van der Waals surface area contributed by atoms with E-state index in [1.165, 1.54) is 0 Å². The predicted octanol–water partition coefficient (Wildman–Crippen LogP) is 0.477. The van der Waals surface area contributed by atoms with Gasteiger partial charge in [0.05, 0.1) is 18.4 Å². The molecule has 2 heterocycles. The number of aryl methyl sites for hydroxylation is 1. The molecule has 1 aliphatic carbocycles. The molecule has 3 N–H and O–H groups in total. The number of anilines is 1. The van der Waals surface area contributed by atoms with Crippen molar-refractivity contribution in [2.75, 3.05) is 11.5 Å². The monoisotopic (exact) mass is 266 g/mol. The summed E-state index contributed by atoms with van der Waals surface area (Å²) in [7, 11) is 0. The standard InChI is InChI=1S/C10H14N6OS/c11-7-5-12-15(6-7)3-4-18-10-14-13-9(17)16(10)8-1-2-8/h5-6,8H,1-4,11H2,(H,13,17). The molecule has 7 nitrogen and oxygen atoms in total. The molecule has 2 aromatic heterocycles.